The van der Waals surface area contributed by atoms with E-state index in [0.717, 1.165) is 52.0 Å². The highest BCUT2D eigenvalue weighted by molar-refractivity contribution is 7.87. The first kappa shape index (κ1) is 44.8. The van der Waals surface area contributed by atoms with Gasteiger partial charge in [-0.15, -0.1) is 0 Å². The number of ether oxygens (including phenoxy) is 8. The second kappa shape index (κ2) is 19.0. The van der Waals surface area contributed by atoms with E-state index in [2.05, 4.69) is 0 Å². The lowest BCUT2D eigenvalue weighted by atomic mass is 9.97. The molecule has 2 aromatic carbocycles. The van der Waals surface area contributed by atoms with Crippen LogP contribution >= 0.6 is 0 Å². The van der Waals surface area contributed by atoms with Gasteiger partial charge >= 0.3 is 29.8 Å². The fourth-order valence-corrected chi connectivity index (χ4v) is 7.45. The molecule has 0 aliphatic carbocycles. The van der Waals surface area contributed by atoms with E-state index in [0.29, 0.717) is 0 Å². The third kappa shape index (κ3) is 12.3. The highest BCUT2D eigenvalue weighted by Gasteiger charge is 2.55. The van der Waals surface area contributed by atoms with Crippen LogP contribution in [0, 0.1) is 13.8 Å². The van der Waals surface area contributed by atoms with Crippen LogP contribution in [-0.4, -0.2) is 109 Å². The van der Waals surface area contributed by atoms with Crippen LogP contribution in [-0.2, 0) is 90.5 Å². The number of rotatable bonds is 15. The monoisotopic (exact) mass is 842 g/mol. The van der Waals surface area contributed by atoms with Crippen molar-refractivity contribution in [1.82, 2.24) is 0 Å². The summed E-state index contributed by atoms with van der Waals surface area (Å²) >= 11 is 0. The minimum Gasteiger partial charge on any atom is -0.489 e. The number of hydrogen-bond donors (Lipinski definition) is 0. The van der Waals surface area contributed by atoms with Crippen LogP contribution in [0.15, 0.2) is 70.3 Å². The van der Waals surface area contributed by atoms with Crippen molar-refractivity contribution in [1.29, 1.82) is 0 Å². The molecule has 2 heterocycles. The maximum absolute atomic E-state index is 13.2. The van der Waals surface area contributed by atoms with Crippen molar-refractivity contribution in [2.75, 3.05) is 13.2 Å². The maximum Gasteiger partial charge on any atom is 0.307 e. The van der Waals surface area contributed by atoms with Crippen LogP contribution in [0.4, 0.5) is 0 Å². The van der Waals surface area contributed by atoms with Gasteiger partial charge in [0.15, 0.2) is 42.6 Å². The molecule has 2 aliphatic rings. The quantitative estimate of drug-likeness (QED) is 0.141. The molecule has 19 nitrogen and oxygen atoms in total. The Morgan fingerprint density at radius 2 is 1.00 bits per heavy atom. The van der Waals surface area contributed by atoms with Gasteiger partial charge < -0.3 is 37.9 Å². The molecule has 0 aromatic heterocycles. The van der Waals surface area contributed by atoms with E-state index in [1.54, 1.807) is 13.8 Å². The molecule has 2 aromatic rings. The van der Waals surface area contributed by atoms with E-state index in [-0.39, 0.29) is 9.79 Å². The van der Waals surface area contributed by atoms with Crippen LogP contribution in [0.2, 0.25) is 0 Å². The molecule has 57 heavy (non-hydrogen) atoms. The van der Waals surface area contributed by atoms with E-state index >= 15 is 0 Å². The standard InChI is InChI=1S/C36H42O19S2/c1-19-8-12-26(13-9-19)56(42,43)47-17-28-31(32(50-22(4)38)29(16-46-28)49-21(3)37)55-36-35(53-25(7)41)34(52-24(6)40)33(51-23(5)39)30(54-36)18-48-57(44,45)27-14-10-20(2)11-15-27/h8-16,28,30-36H,17-18H2,1-7H3/t28-,30-,31-,32-,33-,34+,35-,36-/m1/s1. The van der Waals surface area contributed by atoms with E-state index in [4.69, 9.17) is 46.3 Å². The van der Waals surface area contributed by atoms with Crippen LogP contribution in [0.25, 0.3) is 0 Å². The fourth-order valence-electron chi connectivity index (χ4n) is 5.61. The Hall–Kier alpha value is -4.93. The summed E-state index contributed by atoms with van der Waals surface area (Å²) in [4.78, 5) is 61.4. The lowest BCUT2D eigenvalue weighted by Crippen LogP contribution is -2.64. The average molecular weight is 843 g/mol. The molecule has 2 aliphatic heterocycles. The first-order valence-corrected chi connectivity index (χ1v) is 19.9. The SMILES string of the molecule is CC(=O)OC1=CO[C@H](COS(=O)(=O)c2ccc(C)cc2)[C@@H](O[C@H]2O[C@H](COS(=O)(=O)c3ccc(C)cc3)[C@@H](OC(C)=O)[C@H](OC(C)=O)[C@H]2OC(C)=O)[C@@H]1OC(C)=O. The lowest BCUT2D eigenvalue weighted by molar-refractivity contribution is -0.328. The van der Waals surface area contributed by atoms with E-state index in [1.807, 2.05) is 0 Å². The number of carbonyl (C=O) groups excluding carboxylic acids is 5. The van der Waals surface area contributed by atoms with Gasteiger partial charge in [-0.05, 0) is 38.1 Å². The second-order valence-corrected chi connectivity index (χ2v) is 16.0. The van der Waals surface area contributed by atoms with Gasteiger partial charge in [-0.2, -0.15) is 16.8 Å². The lowest BCUT2D eigenvalue weighted by Gasteiger charge is -2.46. The van der Waals surface area contributed by atoms with Crippen LogP contribution in [0.3, 0.4) is 0 Å². The van der Waals surface area contributed by atoms with Gasteiger partial charge in [0.25, 0.3) is 20.2 Å². The molecule has 4 rings (SSSR count). The minimum absolute atomic E-state index is 0.219. The Labute approximate surface area is 328 Å². The second-order valence-electron chi connectivity index (χ2n) is 12.8. The normalized spacial score (nSPS) is 24.9. The summed E-state index contributed by atoms with van der Waals surface area (Å²) in [5.74, 6) is -5.19. The summed E-state index contributed by atoms with van der Waals surface area (Å²) in [6.45, 7) is 6.73. The Morgan fingerprint density at radius 1 is 0.561 bits per heavy atom. The summed E-state index contributed by atoms with van der Waals surface area (Å²) < 4.78 is 109. The van der Waals surface area contributed by atoms with Crippen LogP contribution < -0.4 is 0 Å². The summed E-state index contributed by atoms with van der Waals surface area (Å²) in [5.41, 5.74) is 1.52. The summed E-state index contributed by atoms with van der Waals surface area (Å²) in [5, 5.41) is 0. The van der Waals surface area contributed by atoms with Crippen molar-refractivity contribution in [2.24, 2.45) is 0 Å². The topological polar surface area (TPSA) is 246 Å². The molecule has 8 atom stereocenters. The predicted molar refractivity (Wildman–Crippen MR) is 189 cm³/mol. The highest BCUT2D eigenvalue weighted by Crippen LogP contribution is 2.35. The zero-order valence-corrected chi connectivity index (χ0v) is 33.4. The molecular weight excluding hydrogens is 801 g/mol. The zero-order valence-electron chi connectivity index (χ0n) is 31.8. The third-order valence-corrected chi connectivity index (χ3v) is 10.6. The number of aryl methyl sites for hydroxylation is 2. The molecule has 0 unspecified atom stereocenters. The van der Waals surface area contributed by atoms with Crippen molar-refractivity contribution in [3.05, 3.63) is 71.7 Å². The van der Waals surface area contributed by atoms with Crippen LogP contribution in [0.1, 0.15) is 45.7 Å². The van der Waals surface area contributed by atoms with Crippen molar-refractivity contribution in [3.63, 3.8) is 0 Å². The van der Waals surface area contributed by atoms with Gasteiger partial charge in [-0.25, -0.2) is 0 Å². The van der Waals surface area contributed by atoms with Gasteiger partial charge in [-0.1, -0.05) is 35.4 Å². The average Bonchev–Trinajstić information content (AvgIpc) is 3.10. The fraction of sp³-hybridized carbons (Fsp3) is 0.472. The predicted octanol–water partition coefficient (Wildman–Crippen LogP) is 2.05. The Morgan fingerprint density at radius 3 is 1.46 bits per heavy atom. The number of benzene rings is 2. The molecule has 0 radical (unpaired) electrons. The minimum atomic E-state index is -4.50. The van der Waals surface area contributed by atoms with Gasteiger partial charge in [0.2, 0.25) is 0 Å². The number of carbonyl (C=O) groups is 5. The maximum atomic E-state index is 13.2. The highest BCUT2D eigenvalue weighted by atomic mass is 32.2. The molecule has 1 fully saturated rings. The van der Waals surface area contributed by atoms with E-state index in [9.17, 15) is 40.8 Å². The smallest absolute Gasteiger partial charge is 0.307 e. The van der Waals surface area contributed by atoms with Crippen molar-refractivity contribution in [2.45, 2.75) is 107 Å². The Balaban J connectivity index is 1.79. The van der Waals surface area contributed by atoms with Crippen LogP contribution in [0.5, 0.6) is 0 Å². The van der Waals surface area contributed by atoms with E-state index < -0.39 is 118 Å². The first-order chi connectivity index (χ1) is 26.7. The largest absolute Gasteiger partial charge is 0.489 e. The van der Waals surface area contributed by atoms with E-state index in [1.165, 1.54) is 48.5 Å². The molecule has 0 N–H and O–H groups in total. The Kier molecular flexibility index (Phi) is 14.9. The molecule has 312 valence electrons. The molecule has 0 amide bonds. The molecule has 0 bridgehead atoms. The molecule has 21 heteroatoms. The molecule has 0 saturated carbocycles. The van der Waals surface area contributed by atoms with Gasteiger partial charge in [0.05, 0.1) is 16.4 Å². The van der Waals surface area contributed by atoms with Gasteiger partial charge in [-0.3, -0.25) is 32.3 Å². The molecular formula is C36H42O19S2. The van der Waals surface area contributed by atoms with Gasteiger partial charge in [0, 0.05) is 34.6 Å². The van der Waals surface area contributed by atoms with Crippen molar-refractivity contribution >= 4 is 50.1 Å². The summed E-state index contributed by atoms with van der Waals surface area (Å²) in [6, 6.07) is 11.3. The van der Waals surface area contributed by atoms with Gasteiger partial charge in [0.1, 0.15) is 25.1 Å². The summed E-state index contributed by atoms with van der Waals surface area (Å²) in [6.07, 6.45) is -13.1. The third-order valence-electron chi connectivity index (χ3n) is 8.04. The Bertz CT molecular complexity index is 2040. The van der Waals surface area contributed by atoms with Crippen molar-refractivity contribution < 1.29 is 87.1 Å². The van der Waals surface area contributed by atoms with Crippen molar-refractivity contribution in [3.8, 4) is 0 Å². The number of hydrogen-bond acceptors (Lipinski definition) is 19. The first-order valence-electron chi connectivity index (χ1n) is 17.1. The molecule has 0 spiro atoms. The molecule has 1 saturated heterocycles. The summed E-state index contributed by atoms with van der Waals surface area (Å²) in [7, 11) is -8.96. The zero-order chi connectivity index (χ0) is 42.2. The number of esters is 5.